The monoisotopic (exact) mass is 263 g/mol. The van der Waals surface area contributed by atoms with E-state index in [1.807, 2.05) is 13.8 Å². The summed E-state index contributed by atoms with van der Waals surface area (Å²) in [4.78, 5) is 6.43. The summed E-state index contributed by atoms with van der Waals surface area (Å²) in [5.74, 6) is -1.42. The van der Waals surface area contributed by atoms with Crippen LogP contribution in [0.3, 0.4) is 0 Å². The zero-order chi connectivity index (χ0) is 13.8. The minimum atomic E-state index is -4.62. The highest BCUT2D eigenvalue weighted by Gasteiger charge is 2.35. The van der Waals surface area contributed by atoms with Gasteiger partial charge in [-0.25, -0.2) is 4.98 Å². The normalized spacial score (nSPS) is 13.4. The number of hydrogen-bond acceptors (Lipinski definition) is 4. The number of nitrogen functional groups attached to an aromatic ring is 1. The average molecular weight is 263 g/mol. The summed E-state index contributed by atoms with van der Waals surface area (Å²) in [7, 11) is 0. The van der Waals surface area contributed by atoms with Crippen LogP contribution in [0.5, 0.6) is 5.88 Å². The molecule has 1 unspecified atom stereocenters. The van der Waals surface area contributed by atoms with Gasteiger partial charge in [-0.1, -0.05) is 20.3 Å². The van der Waals surface area contributed by atoms with Crippen LogP contribution >= 0.6 is 0 Å². The fraction of sp³-hybridized carbons (Fsp3) is 0.636. The Morgan fingerprint density at radius 1 is 1.39 bits per heavy atom. The first kappa shape index (κ1) is 14.5. The van der Waals surface area contributed by atoms with E-state index in [2.05, 4.69) is 9.97 Å². The molecular formula is C11H16F3N3O. The van der Waals surface area contributed by atoms with Gasteiger partial charge in [0.1, 0.15) is 5.82 Å². The molecule has 7 heteroatoms. The van der Waals surface area contributed by atoms with E-state index < -0.39 is 12.0 Å². The number of ether oxygens (including phenoxy) is 1. The van der Waals surface area contributed by atoms with Crippen molar-refractivity contribution in [2.75, 3.05) is 12.3 Å². The number of hydrogen-bond donors (Lipinski definition) is 1. The summed E-state index contributed by atoms with van der Waals surface area (Å²) in [6.07, 6.45) is -2.69. The zero-order valence-corrected chi connectivity index (χ0v) is 10.3. The van der Waals surface area contributed by atoms with E-state index in [1.165, 1.54) is 6.07 Å². The van der Waals surface area contributed by atoms with Crippen molar-refractivity contribution >= 4 is 5.82 Å². The smallest absolute Gasteiger partial charge is 0.451 e. The van der Waals surface area contributed by atoms with Crippen LogP contribution in [0.1, 0.15) is 32.5 Å². The molecule has 0 fully saturated rings. The van der Waals surface area contributed by atoms with E-state index in [4.69, 9.17) is 10.5 Å². The van der Waals surface area contributed by atoms with Crippen LogP contribution in [0.25, 0.3) is 0 Å². The van der Waals surface area contributed by atoms with E-state index in [0.717, 1.165) is 12.8 Å². The molecule has 18 heavy (non-hydrogen) atoms. The summed E-state index contributed by atoms with van der Waals surface area (Å²) in [5.41, 5.74) is 5.29. The lowest BCUT2D eigenvalue weighted by atomic mass is 10.1. The van der Waals surface area contributed by atoms with Gasteiger partial charge in [-0.3, -0.25) is 0 Å². The summed E-state index contributed by atoms with van der Waals surface area (Å²) in [6.45, 7) is 4.29. The number of nitrogens with zero attached hydrogens (tertiary/aromatic N) is 2. The Morgan fingerprint density at radius 2 is 2.06 bits per heavy atom. The largest absolute Gasteiger partial charge is 0.477 e. The number of alkyl halides is 3. The molecule has 1 aromatic heterocycles. The Kier molecular flexibility index (Phi) is 4.75. The molecule has 102 valence electrons. The molecule has 0 aliphatic carbocycles. The molecule has 1 aromatic rings. The summed E-state index contributed by atoms with van der Waals surface area (Å²) < 4.78 is 42.5. The van der Waals surface area contributed by atoms with Gasteiger partial charge in [0.2, 0.25) is 11.7 Å². The molecule has 4 nitrogen and oxygen atoms in total. The molecule has 0 radical (unpaired) electrons. The second-order valence-corrected chi connectivity index (χ2v) is 4.16. The predicted molar refractivity (Wildman–Crippen MR) is 61.0 cm³/mol. The Morgan fingerprint density at radius 3 is 2.61 bits per heavy atom. The van der Waals surface area contributed by atoms with Crippen LogP contribution in [0.15, 0.2) is 6.07 Å². The fourth-order valence-corrected chi connectivity index (χ4v) is 1.45. The van der Waals surface area contributed by atoms with E-state index >= 15 is 0 Å². The fourth-order valence-electron chi connectivity index (χ4n) is 1.45. The Labute approximate surface area is 103 Å². The molecule has 0 saturated carbocycles. The van der Waals surface area contributed by atoms with Crippen molar-refractivity contribution in [3.8, 4) is 5.88 Å². The van der Waals surface area contributed by atoms with Crippen LogP contribution in [0.4, 0.5) is 19.0 Å². The van der Waals surface area contributed by atoms with Gasteiger partial charge >= 0.3 is 6.18 Å². The standard InChI is InChI=1S/C11H16F3N3O/c1-3-4-7(2)6-18-9-5-8(15)16-10(17-9)11(12,13)14/h5,7H,3-4,6H2,1-2H3,(H2,15,16,17). The van der Waals surface area contributed by atoms with Crippen molar-refractivity contribution in [1.29, 1.82) is 0 Å². The minimum absolute atomic E-state index is 0.141. The maximum Gasteiger partial charge on any atom is 0.451 e. The molecule has 2 N–H and O–H groups in total. The first-order valence-corrected chi connectivity index (χ1v) is 5.67. The highest BCUT2D eigenvalue weighted by molar-refractivity contribution is 5.33. The molecule has 1 atom stereocenters. The molecule has 1 rings (SSSR count). The van der Waals surface area contributed by atoms with Crippen LogP contribution in [0, 0.1) is 5.92 Å². The molecule has 0 amide bonds. The average Bonchev–Trinajstić information content (AvgIpc) is 2.25. The molecule has 0 aliphatic rings. The van der Waals surface area contributed by atoms with Gasteiger partial charge in [0.05, 0.1) is 6.61 Å². The van der Waals surface area contributed by atoms with Crippen LogP contribution in [-0.2, 0) is 6.18 Å². The summed E-state index contributed by atoms with van der Waals surface area (Å²) >= 11 is 0. The molecule has 0 aliphatic heterocycles. The summed E-state index contributed by atoms with van der Waals surface area (Å²) in [5, 5.41) is 0. The molecule has 0 bridgehead atoms. The van der Waals surface area contributed by atoms with Gasteiger partial charge in [0, 0.05) is 6.07 Å². The van der Waals surface area contributed by atoms with E-state index in [0.29, 0.717) is 6.61 Å². The van der Waals surface area contributed by atoms with Gasteiger partial charge in [-0.15, -0.1) is 0 Å². The third-order valence-electron chi connectivity index (χ3n) is 2.27. The van der Waals surface area contributed by atoms with Crippen LogP contribution in [0.2, 0.25) is 0 Å². The van der Waals surface area contributed by atoms with Crippen molar-refractivity contribution in [3.63, 3.8) is 0 Å². The van der Waals surface area contributed by atoms with Gasteiger partial charge in [0.15, 0.2) is 0 Å². The van der Waals surface area contributed by atoms with Crippen molar-refractivity contribution in [3.05, 3.63) is 11.9 Å². The number of halogens is 3. The number of rotatable bonds is 5. The van der Waals surface area contributed by atoms with Crippen molar-refractivity contribution in [2.24, 2.45) is 5.92 Å². The van der Waals surface area contributed by atoms with Crippen molar-refractivity contribution < 1.29 is 17.9 Å². The first-order valence-electron chi connectivity index (χ1n) is 5.67. The SMILES string of the molecule is CCCC(C)COc1cc(N)nc(C(F)(F)F)n1. The lowest BCUT2D eigenvalue weighted by Crippen LogP contribution is -2.15. The third-order valence-corrected chi connectivity index (χ3v) is 2.27. The quantitative estimate of drug-likeness (QED) is 0.887. The Hall–Kier alpha value is -1.53. The molecule has 0 spiro atoms. The zero-order valence-electron chi connectivity index (χ0n) is 10.3. The Balaban J connectivity index is 2.75. The second-order valence-electron chi connectivity index (χ2n) is 4.16. The lowest BCUT2D eigenvalue weighted by molar-refractivity contribution is -0.145. The predicted octanol–water partition coefficient (Wildman–Crippen LogP) is 2.89. The van der Waals surface area contributed by atoms with Crippen LogP contribution in [-0.4, -0.2) is 16.6 Å². The highest BCUT2D eigenvalue weighted by atomic mass is 19.4. The highest BCUT2D eigenvalue weighted by Crippen LogP contribution is 2.28. The van der Waals surface area contributed by atoms with Gasteiger partial charge in [0.25, 0.3) is 0 Å². The summed E-state index contributed by atoms with van der Waals surface area (Å²) in [6, 6.07) is 1.19. The lowest BCUT2D eigenvalue weighted by Gasteiger charge is -2.13. The molecule has 0 saturated heterocycles. The second kappa shape index (κ2) is 5.88. The molecule has 1 heterocycles. The van der Waals surface area contributed by atoms with Gasteiger partial charge < -0.3 is 10.5 Å². The number of nitrogens with two attached hydrogens (primary N) is 1. The third kappa shape index (κ3) is 4.38. The molecular weight excluding hydrogens is 247 g/mol. The maximum atomic E-state index is 12.4. The van der Waals surface area contributed by atoms with Crippen molar-refractivity contribution in [1.82, 2.24) is 9.97 Å². The van der Waals surface area contributed by atoms with Crippen LogP contribution < -0.4 is 10.5 Å². The number of aromatic nitrogens is 2. The van der Waals surface area contributed by atoms with E-state index in [-0.39, 0.29) is 17.6 Å². The van der Waals surface area contributed by atoms with Gasteiger partial charge in [-0.2, -0.15) is 18.2 Å². The Bertz CT molecular complexity index is 396. The van der Waals surface area contributed by atoms with E-state index in [9.17, 15) is 13.2 Å². The maximum absolute atomic E-state index is 12.4. The topological polar surface area (TPSA) is 61.0 Å². The first-order chi connectivity index (χ1) is 8.32. The van der Waals surface area contributed by atoms with E-state index in [1.54, 1.807) is 0 Å². The minimum Gasteiger partial charge on any atom is -0.477 e. The van der Waals surface area contributed by atoms with Crippen molar-refractivity contribution in [2.45, 2.75) is 32.9 Å². The number of anilines is 1. The molecule has 0 aromatic carbocycles. The van der Waals surface area contributed by atoms with Gasteiger partial charge in [-0.05, 0) is 12.3 Å².